The van der Waals surface area contributed by atoms with Crippen molar-refractivity contribution in [2.45, 2.75) is 31.7 Å². The lowest BCUT2D eigenvalue weighted by atomic mass is 9.76. The minimum Gasteiger partial charge on any atom is -0.393 e. The molecule has 1 aliphatic rings. The van der Waals surface area contributed by atoms with Gasteiger partial charge in [0.25, 0.3) is 0 Å². The van der Waals surface area contributed by atoms with Crippen LogP contribution in [0.2, 0.25) is 0 Å². The van der Waals surface area contributed by atoms with Gasteiger partial charge in [-0.1, -0.05) is 36.5 Å². The van der Waals surface area contributed by atoms with E-state index in [1.165, 1.54) is 5.56 Å². The zero-order chi connectivity index (χ0) is 13.3. The Morgan fingerprint density at radius 1 is 1.56 bits per heavy atom. The molecule has 2 rings (SSSR count). The number of hydrogen-bond acceptors (Lipinski definition) is 2. The Hall–Kier alpha value is -1.42. The standard InChI is InChI=1S/C14H18N2OS/c1-9(7-13(15)18)16(2)14(17)12-8-10-5-3-4-6-11(10)12/h3-6,9,12H,7-8H2,1-2H3,(H2,15,18). The molecule has 0 heterocycles. The van der Waals surface area contributed by atoms with Crippen LogP contribution in [0.3, 0.4) is 0 Å². The molecule has 0 bridgehead atoms. The highest BCUT2D eigenvalue weighted by atomic mass is 32.1. The van der Waals surface area contributed by atoms with Gasteiger partial charge in [-0.15, -0.1) is 0 Å². The molecule has 1 aromatic carbocycles. The number of nitrogens with two attached hydrogens (primary N) is 1. The maximum absolute atomic E-state index is 12.4. The van der Waals surface area contributed by atoms with Crippen molar-refractivity contribution < 1.29 is 4.79 Å². The van der Waals surface area contributed by atoms with Crippen LogP contribution < -0.4 is 5.73 Å². The van der Waals surface area contributed by atoms with E-state index in [1.54, 1.807) is 4.90 Å². The molecule has 18 heavy (non-hydrogen) atoms. The first-order valence-corrected chi connectivity index (χ1v) is 6.54. The van der Waals surface area contributed by atoms with Crippen molar-refractivity contribution in [2.24, 2.45) is 5.73 Å². The summed E-state index contributed by atoms with van der Waals surface area (Å²) in [6, 6.07) is 8.17. The van der Waals surface area contributed by atoms with Crippen LogP contribution in [-0.4, -0.2) is 28.9 Å². The predicted octanol–water partition coefficient (Wildman–Crippen LogP) is 1.85. The Morgan fingerprint density at radius 2 is 2.22 bits per heavy atom. The van der Waals surface area contributed by atoms with Gasteiger partial charge in [-0.2, -0.15) is 0 Å². The third kappa shape index (κ3) is 2.38. The molecule has 96 valence electrons. The minimum absolute atomic E-state index is 0.0139. The SMILES string of the molecule is CC(CC(N)=S)N(C)C(=O)C1Cc2ccccc21. The highest BCUT2D eigenvalue weighted by Gasteiger charge is 2.34. The molecule has 3 nitrogen and oxygen atoms in total. The number of benzene rings is 1. The van der Waals surface area contributed by atoms with Crippen molar-refractivity contribution >= 4 is 23.1 Å². The number of amides is 1. The van der Waals surface area contributed by atoms with Gasteiger partial charge in [-0.3, -0.25) is 4.79 Å². The lowest BCUT2D eigenvalue weighted by Gasteiger charge is -2.34. The van der Waals surface area contributed by atoms with E-state index in [0.29, 0.717) is 11.4 Å². The Kier molecular flexibility index (Phi) is 3.66. The predicted molar refractivity (Wildman–Crippen MR) is 76.5 cm³/mol. The minimum atomic E-state index is 0.0139. The first kappa shape index (κ1) is 13.0. The van der Waals surface area contributed by atoms with E-state index in [9.17, 15) is 4.79 Å². The second-order valence-corrected chi connectivity index (χ2v) is 5.45. The number of carbonyl (C=O) groups is 1. The quantitative estimate of drug-likeness (QED) is 0.842. The highest BCUT2D eigenvalue weighted by molar-refractivity contribution is 7.80. The average molecular weight is 262 g/mol. The largest absolute Gasteiger partial charge is 0.393 e. The van der Waals surface area contributed by atoms with Gasteiger partial charge >= 0.3 is 0 Å². The summed E-state index contributed by atoms with van der Waals surface area (Å²) in [5.74, 6) is 0.178. The topological polar surface area (TPSA) is 46.3 Å². The Balaban J connectivity index is 2.03. The fourth-order valence-electron chi connectivity index (χ4n) is 2.37. The van der Waals surface area contributed by atoms with E-state index in [1.807, 2.05) is 32.2 Å². The average Bonchev–Trinajstić information content (AvgIpc) is 2.28. The molecule has 2 N–H and O–H groups in total. The molecule has 0 aliphatic heterocycles. The summed E-state index contributed by atoms with van der Waals surface area (Å²) in [5.41, 5.74) is 7.97. The molecule has 1 aliphatic carbocycles. The lowest BCUT2D eigenvalue weighted by molar-refractivity contribution is -0.133. The Labute approximate surface area is 113 Å². The summed E-state index contributed by atoms with van der Waals surface area (Å²) >= 11 is 4.89. The van der Waals surface area contributed by atoms with E-state index in [0.717, 1.165) is 12.0 Å². The summed E-state index contributed by atoms with van der Waals surface area (Å²) in [6.07, 6.45) is 1.42. The first-order chi connectivity index (χ1) is 8.50. The molecule has 1 amide bonds. The normalized spacial score (nSPS) is 18.4. The third-order valence-corrected chi connectivity index (χ3v) is 3.82. The smallest absolute Gasteiger partial charge is 0.230 e. The second-order valence-electron chi connectivity index (χ2n) is 4.92. The fraction of sp³-hybridized carbons (Fsp3) is 0.429. The molecule has 2 atom stereocenters. The molecular formula is C14H18N2OS. The number of fused-ring (bicyclic) bond motifs is 1. The van der Waals surface area contributed by atoms with Gasteiger partial charge in [0.05, 0.1) is 10.9 Å². The Morgan fingerprint density at radius 3 is 2.83 bits per heavy atom. The van der Waals surface area contributed by atoms with Crippen molar-refractivity contribution in [3.05, 3.63) is 35.4 Å². The summed E-state index contributed by atoms with van der Waals surface area (Å²) in [7, 11) is 1.83. The lowest BCUT2D eigenvalue weighted by Crippen LogP contribution is -2.42. The number of thiocarbonyl (C=S) groups is 1. The van der Waals surface area contributed by atoms with E-state index < -0.39 is 0 Å². The molecular weight excluding hydrogens is 244 g/mol. The first-order valence-electron chi connectivity index (χ1n) is 6.13. The van der Waals surface area contributed by atoms with Gasteiger partial charge in [-0.05, 0) is 24.5 Å². The molecule has 0 radical (unpaired) electrons. The number of nitrogens with zero attached hydrogens (tertiary/aromatic N) is 1. The number of likely N-dealkylation sites (N-methyl/N-ethyl adjacent to an activating group) is 1. The number of rotatable bonds is 4. The molecule has 0 spiro atoms. The van der Waals surface area contributed by atoms with E-state index in [-0.39, 0.29) is 17.9 Å². The summed E-state index contributed by atoms with van der Waals surface area (Å²) in [4.78, 5) is 14.6. The van der Waals surface area contributed by atoms with Crippen LogP contribution in [0, 0.1) is 0 Å². The summed E-state index contributed by atoms with van der Waals surface area (Å²) in [5, 5.41) is 0. The highest BCUT2D eigenvalue weighted by Crippen LogP contribution is 2.36. The molecule has 2 unspecified atom stereocenters. The van der Waals surface area contributed by atoms with Crippen LogP contribution in [0.25, 0.3) is 0 Å². The van der Waals surface area contributed by atoms with Gasteiger partial charge in [0.15, 0.2) is 0 Å². The molecule has 0 saturated carbocycles. The van der Waals surface area contributed by atoms with Crippen LogP contribution in [-0.2, 0) is 11.2 Å². The van der Waals surface area contributed by atoms with Crippen molar-refractivity contribution in [3.8, 4) is 0 Å². The van der Waals surface area contributed by atoms with Crippen molar-refractivity contribution in [3.63, 3.8) is 0 Å². The van der Waals surface area contributed by atoms with Gasteiger partial charge in [0.1, 0.15) is 0 Å². The molecule has 0 fully saturated rings. The van der Waals surface area contributed by atoms with Gasteiger partial charge < -0.3 is 10.6 Å². The van der Waals surface area contributed by atoms with E-state index in [2.05, 4.69) is 6.07 Å². The van der Waals surface area contributed by atoms with Gasteiger partial charge in [-0.25, -0.2) is 0 Å². The zero-order valence-corrected chi connectivity index (χ0v) is 11.5. The van der Waals surface area contributed by atoms with Crippen LogP contribution in [0.1, 0.15) is 30.4 Å². The van der Waals surface area contributed by atoms with E-state index >= 15 is 0 Å². The maximum atomic E-state index is 12.4. The monoisotopic (exact) mass is 262 g/mol. The van der Waals surface area contributed by atoms with Crippen molar-refractivity contribution in [1.82, 2.24) is 4.90 Å². The summed E-state index contributed by atoms with van der Waals surface area (Å²) < 4.78 is 0. The second kappa shape index (κ2) is 5.06. The fourth-order valence-corrected chi connectivity index (χ4v) is 2.61. The Bertz CT molecular complexity index is 486. The maximum Gasteiger partial charge on any atom is 0.230 e. The molecule has 0 aromatic heterocycles. The van der Waals surface area contributed by atoms with Crippen LogP contribution in [0.15, 0.2) is 24.3 Å². The van der Waals surface area contributed by atoms with Crippen LogP contribution in [0.4, 0.5) is 0 Å². The number of carbonyl (C=O) groups excluding carboxylic acids is 1. The van der Waals surface area contributed by atoms with Gasteiger partial charge in [0.2, 0.25) is 5.91 Å². The third-order valence-electron chi connectivity index (χ3n) is 3.66. The molecule has 4 heteroatoms. The summed E-state index contributed by atoms with van der Waals surface area (Å²) in [6.45, 7) is 1.97. The number of hydrogen-bond donors (Lipinski definition) is 1. The van der Waals surface area contributed by atoms with Crippen molar-refractivity contribution in [1.29, 1.82) is 0 Å². The van der Waals surface area contributed by atoms with Crippen LogP contribution >= 0.6 is 12.2 Å². The van der Waals surface area contributed by atoms with Crippen LogP contribution in [0.5, 0.6) is 0 Å². The van der Waals surface area contributed by atoms with E-state index in [4.69, 9.17) is 18.0 Å². The van der Waals surface area contributed by atoms with Gasteiger partial charge in [0, 0.05) is 19.5 Å². The zero-order valence-electron chi connectivity index (χ0n) is 10.7. The molecule has 1 aromatic rings. The van der Waals surface area contributed by atoms with Crippen molar-refractivity contribution in [2.75, 3.05) is 7.05 Å². The molecule has 0 saturated heterocycles.